The van der Waals surface area contributed by atoms with Gasteiger partial charge >= 0.3 is 0 Å². The zero-order chi connectivity index (χ0) is 19.4. The van der Waals surface area contributed by atoms with Crippen LogP contribution in [0.15, 0.2) is 59.5 Å². The molecule has 8 nitrogen and oxygen atoms in total. The second kappa shape index (κ2) is 7.83. The fraction of sp³-hybridized carbons (Fsp3) is 0.0556. The first-order valence-electron chi connectivity index (χ1n) is 7.79. The second-order valence-electron chi connectivity index (χ2n) is 5.50. The molecule has 0 aromatic heterocycles. The van der Waals surface area contributed by atoms with Crippen LogP contribution >= 0.6 is 11.8 Å². The molecule has 1 fully saturated rings. The third-order valence-electron chi connectivity index (χ3n) is 3.65. The molecule has 1 aliphatic heterocycles. The lowest BCUT2D eigenvalue weighted by Gasteiger charge is -2.12. The number of rotatable bonds is 5. The molecule has 0 spiro atoms. The summed E-state index contributed by atoms with van der Waals surface area (Å²) in [6, 6.07) is 14.5. The number of carbonyl (C=O) groups excluding carboxylic acids is 3. The van der Waals surface area contributed by atoms with Gasteiger partial charge in [0.25, 0.3) is 16.8 Å². The average Bonchev–Trinajstić information content (AvgIpc) is 2.90. The lowest BCUT2D eigenvalue weighted by Crippen LogP contribution is -2.36. The Morgan fingerprint density at radius 2 is 1.78 bits per heavy atom. The fourth-order valence-corrected chi connectivity index (χ4v) is 3.25. The van der Waals surface area contributed by atoms with E-state index in [9.17, 15) is 24.5 Å². The molecule has 1 heterocycles. The third kappa shape index (κ3) is 4.21. The zero-order valence-corrected chi connectivity index (χ0v) is 14.6. The van der Waals surface area contributed by atoms with Crippen LogP contribution in [-0.4, -0.2) is 33.4 Å². The van der Waals surface area contributed by atoms with Gasteiger partial charge in [0.15, 0.2) is 0 Å². The minimum atomic E-state index is -0.661. The van der Waals surface area contributed by atoms with Crippen LogP contribution in [0.25, 0.3) is 6.08 Å². The minimum absolute atomic E-state index is 0.0295. The predicted molar refractivity (Wildman–Crippen MR) is 101 cm³/mol. The van der Waals surface area contributed by atoms with Gasteiger partial charge in [0.1, 0.15) is 6.54 Å². The number of para-hydroxylation sites is 2. The van der Waals surface area contributed by atoms with Crippen molar-refractivity contribution < 1.29 is 19.3 Å². The molecular formula is C18H13N3O5S. The molecule has 2 aromatic rings. The highest BCUT2D eigenvalue weighted by molar-refractivity contribution is 8.18. The summed E-state index contributed by atoms with van der Waals surface area (Å²) in [4.78, 5) is 48.0. The number of nitrogens with one attached hydrogen (secondary N) is 1. The number of nitrogens with zero attached hydrogens (tertiary/aromatic N) is 2. The molecule has 1 saturated heterocycles. The molecule has 3 rings (SSSR count). The second-order valence-corrected chi connectivity index (χ2v) is 6.49. The van der Waals surface area contributed by atoms with Crippen molar-refractivity contribution in [2.24, 2.45) is 0 Å². The smallest absolute Gasteiger partial charge is 0.294 e. The summed E-state index contributed by atoms with van der Waals surface area (Å²) in [6.07, 6.45) is 1.29. The van der Waals surface area contributed by atoms with E-state index in [1.54, 1.807) is 36.4 Å². The van der Waals surface area contributed by atoms with Crippen LogP contribution in [0.5, 0.6) is 0 Å². The van der Waals surface area contributed by atoms with E-state index in [1.807, 2.05) is 0 Å². The van der Waals surface area contributed by atoms with Crippen LogP contribution in [0.1, 0.15) is 5.56 Å². The zero-order valence-electron chi connectivity index (χ0n) is 13.8. The van der Waals surface area contributed by atoms with Crippen LogP contribution in [0.2, 0.25) is 0 Å². The number of benzene rings is 2. The highest BCUT2D eigenvalue weighted by atomic mass is 32.2. The molecule has 3 amide bonds. The van der Waals surface area contributed by atoms with E-state index in [2.05, 4.69) is 5.32 Å². The topological polar surface area (TPSA) is 110 Å². The van der Waals surface area contributed by atoms with Gasteiger partial charge in [-0.3, -0.25) is 29.4 Å². The first-order chi connectivity index (χ1) is 13.0. The Bertz CT molecular complexity index is 958. The molecule has 0 unspecified atom stereocenters. The van der Waals surface area contributed by atoms with Crippen LogP contribution in [0.3, 0.4) is 0 Å². The van der Waals surface area contributed by atoms with Gasteiger partial charge in [-0.25, -0.2) is 0 Å². The van der Waals surface area contributed by atoms with Gasteiger partial charge in [-0.05, 0) is 36.0 Å². The van der Waals surface area contributed by atoms with Crippen molar-refractivity contribution in [2.75, 3.05) is 11.9 Å². The Morgan fingerprint density at radius 3 is 2.48 bits per heavy atom. The first kappa shape index (κ1) is 18.3. The third-order valence-corrected chi connectivity index (χ3v) is 4.56. The summed E-state index contributed by atoms with van der Waals surface area (Å²) < 4.78 is 0. The van der Waals surface area contributed by atoms with Crippen LogP contribution < -0.4 is 5.32 Å². The fourth-order valence-electron chi connectivity index (χ4n) is 2.42. The summed E-state index contributed by atoms with van der Waals surface area (Å²) in [5.74, 6) is -1.18. The Labute approximate surface area is 158 Å². The maximum atomic E-state index is 12.5. The quantitative estimate of drug-likeness (QED) is 0.482. The Morgan fingerprint density at radius 1 is 1.11 bits per heavy atom. The largest absolute Gasteiger partial charge is 0.325 e. The van der Waals surface area contributed by atoms with Crippen molar-refractivity contribution in [1.82, 2.24) is 4.90 Å². The molecule has 2 aromatic carbocycles. The number of imide groups is 1. The van der Waals surface area contributed by atoms with Crippen LogP contribution in [-0.2, 0) is 9.59 Å². The van der Waals surface area contributed by atoms with E-state index >= 15 is 0 Å². The molecule has 9 heteroatoms. The lowest BCUT2D eigenvalue weighted by atomic mass is 10.1. The van der Waals surface area contributed by atoms with E-state index in [0.717, 1.165) is 4.90 Å². The summed E-state index contributed by atoms with van der Waals surface area (Å²) in [7, 11) is 0. The average molecular weight is 383 g/mol. The van der Waals surface area contributed by atoms with Gasteiger partial charge < -0.3 is 5.32 Å². The highest BCUT2D eigenvalue weighted by Crippen LogP contribution is 2.33. The SMILES string of the molecule is O=C(CN1C(=O)S/C(=C/c2ccccc2[N+](=O)[O-])C1=O)Nc1ccccc1. The van der Waals surface area contributed by atoms with Crippen molar-refractivity contribution in [1.29, 1.82) is 0 Å². The monoisotopic (exact) mass is 383 g/mol. The minimum Gasteiger partial charge on any atom is -0.325 e. The molecule has 0 bridgehead atoms. The maximum Gasteiger partial charge on any atom is 0.294 e. The number of carbonyl (C=O) groups is 3. The molecule has 27 heavy (non-hydrogen) atoms. The van der Waals surface area contributed by atoms with E-state index in [0.29, 0.717) is 17.4 Å². The van der Waals surface area contributed by atoms with E-state index < -0.39 is 28.5 Å². The van der Waals surface area contributed by atoms with Crippen LogP contribution in [0, 0.1) is 10.1 Å². The normalized spacial score (nSPS) is 15.3. The number of hydrogen-bond acceptors (Lipinski definition) is 6. The van der Waals surface area contributed by atoms with Crippen molar-refractivity contribution in [3.63, 3.8) is 0 Å². The number of thioether (sulfide) groups is 1. The summed E-state index contributed by atoms with van der Waals surface area (Å²) in [5, 5.41) is 13.1. The van der Waals surface area contributed by atoms with Gasteiger partial charge in [-0.2, -0.15) is 0 Å². The summed E-state index contributed by atoms with van der Waals surface area (Å²) >= 11 is 0.641. The van der Waals surface area contributed by atoms with Crippen molar-refractivity contribution in [3.8, 4) is 0 Å². The molecule has 1 aliphatic rings. The first-order valence-corrected chi connectivity index (χ1v) is 8.61. The van der Waals surface area contributed by atoms with Gasteiger partial charge in [0.2, 0.25) is 5.91 Å². The van der Waals surface area contributed by atoms with Crippen LogP contribution in [0.4, 0.5) is 16.2 Å². The van der Waals surface area contributed by atoms with Gasteiger partial charge in [0.05, 0.1) is 15.4 Å². The van der Waals surface area contributed by atoms with Crippen molar-refractivity contribution in [3.05, 3.63) is 75.2 Å². The standard InChI is InChI=1S/C18H13N3O5S/c22-16(19-13-7-2-1-3-8-13)11-20-17(23)15(27-18(20)24)10-12-6-4-5-9-14(12)21(25)26/h1-10H,11H2,(H,19,22)/b15-10+. The number of amides is 3. The molecule has 0 atom stereocenters. The molecule has 0 aliphatic carbocycles. The van der Waals surface area contributed by atoms with Gasteiger partial charge in [0, 0.05) is 11.8 Å². The van der Waals surface area contributed by atoms with Gasteiger partial charge in [-0.15, -0.1) is 0 Å². The van der Waals surface area contributed by atoms with E-state index in [-0.39, 0.29) is 16.2 Å². The Balaban J connectivity index is 1.75. The van der Waals surface area contributed by atoms with Gasteiger partial charge in [-0.1, -0.05) is 30.3 Å². The number of nitro benzene ring substituents is 1. The van der Waals surface area contributed by atoms with E-state index in [4.69, 9.17) is 0 Å². The highest BCUT2D eigenvalue weighted by Gasteiger charge is 2.36. The molecular weight excluding hydrogens is 370 g/mol. The number of hydrogen-bond donors (Lipinski definition) is 1. The number of nitro groups is 1. The Hall–Kier alpha value is -3.46. The lowest BCUT2D eigenvalue weighted by molar-refractivity contribution is -0.385. The summed E-state index contributed by atoms with van der Waals surface area (Å²) in [6.45, 7) is -0.437. The molecule has 0 radical (unpaired) electrons. The summed E-state index contributed by atoms with van der Waals surface area (Å²) in [5.41, 5.74) is 0.581. The Kier molecular flexibility index (Phi) is 5.32. The predicted octanol–water partition coefficient (Wildman–Crippen LogP) is 3.27. The van der Waals surface area contributed by atoms with Crippen molar-refractivity contribution in [2.45, 2.75) is 0 Å². The van der Waals surface area contributed by atoms with E-state index in [1.165, 1.54) is 24.3 Å². The maximum absolute atomic E-state index is 12.5. The van der Waals surface area contributed by atoms with Crippen molar-refractivity contribution >= 4 is 46.3 Å². The molecule has 1 N–H and O–H groups in total. The number of anilines is 1. The molecule has 0 saturated carbocycles. The molecule has 136 valence electrons.